The number of carbonyl (C=O) groups is 1. The van der Waals surface area contributed by atoms with Crippen LogP contribution >= 0.6 is 0 Å². The van der Waals surface area contributed by atoms with Gasteiger partial charge in [0, 0.05) is 36.8 Å². The monoisotopic (exact) mass is 398 g/mol. The number of aliphatic carboxylic acids is 1. The minimum absolute atomic E-state index is 0.00766. The molecule has 0 heterocycles. The van der Waals surface area contributed by atoms with E-state index in [1.54, 1.807) is 6.07 Å². The summed E-state index contributed by atoms with van der Waals surface area (Å²) >= 11 is 0. The lowest BCUT2D eigenvalue weighted by Crippen LogP contribution is -2.55. The molecule has 0 radical (unpaired) electrons. The third-order valence-corrected chi connectivity index (χ3v) is 6.61. The number of carboxylic acids is 1. The number of nitrogens with one attached hydrogen (secondary N) is 1. The van der Waals surface area contributed by atoms with Crippen LogP contribution in [0.4, 0.5) is 0 Å². The summed E-state index contributed by atoms with van der Waals surface area (Å²) in [6.45, 7) is 0.789. The number of ether oxygens (including phenoxy) is 2. The van der Waals surface area contributed by atoms with Crippen molar-refractivity contribution >= 4 is 16.0 Å². The molecule has 27 heavy (non-hydrogen) atoms. The molecular formula is C18H26N2O6S. The lowest BCUT2D eigenvalue weighted by molar-refractivity contribution is -0.139. The van der Waals surface area contributed by atoms with Gasteiger partial charge < -0.3 is 14.6 Å². The molecule has 0 amide bonds. The van der Waals surface area contributed by atoms with Crippen molar-refractivity contribution in [2.75, 3.05) is 27.3 Å². The van der Waals surface area contributed by atoms with Gasteiger partial charge >= 0.3 is 5.97 Å². The average molecular weight is 398 g/mol. The summed E-state index contributed by atoms with van der Waals surface area (Å²) in [5, 5.41) is 9.11. The number of methoxy groups -OCH3 is 2. The first kappa shape index (κ1) is 19.9. The van der Waals surface area contributed by atoms with Crippen molar-refractivity contribution in [1.82, 2.24) is 9.62 Å². The zero-order valence-corrected chi connectivity index (χ0v) is 16.4. The summed E-state index contributed by atoms with van der Waals surface area (Å²) in [5.74, 6) is 0.545. The molecule has 1 aromatic rings. The average Bonchev–Trinajstić information content (AvgIpc) is 3.40. The summed E-state index contributed by atoms with van der Waals surface area (Å²) in [6.07, 6.45) is 3.52. The highest BCUT2D eigenvalue weighted by Crippen LogP contribution is 2.34. The molecule has 0 aromatic heterocycles. The van der Waals surface area contributed by atoms with Gasteiger partial charge in [-0.05, 0) is 31.6 Å². The third-order valence-electron chi connectivity index (χ3n) is 5.11. The summed E-state index contributed by atoms with van der Waals surface area (Å²) in [7, 11) is -0.785. The zero-order valence-electron chi connectivity index (χ0n) is 15.6. The van der Waals surface area contributed by atoms with Crippen molar-refractivity contribution in [3.8, 4) is 11.5 Å². The molecule has 0 bridgehead atoms. The molecule has 0 unspecified atom stereocenters. The molecular weight excluding hydrogens is 372 g/mol. The van der Waals surface area contributed by atoms with E-state index in [1.165, 1.54) is 26.4 Å². The predicted octanol–water partition coefficient (Wildman–Crippen LogP) is 1.31. The number of nitrogens with zero attached hydrogens (tertiary/aromatic N) is 1. The van der Waals surface area contributed by atoms with Gasteiger partial charge in [0.25, 0.3) is 0 Å². The fourth-order valence-electron chi connectivity index (χ4n) is 3.35. The first-order valence-electron chi connectivity index (χ1n) is 9.02. The van der Waals surface area contributed by atoms with Crippen LogP contribution in [-0.2, 0) is 14.8 Å². The van der Waals surface area contributed by atoms with Crippen LogP contribution in [0.5, 0.6) is 11.5 Å². The van der Waals surface area contributed by atoms with Crippen LogP contribution in [0.3, 0.4) is 0 Å². The third kappa shape index (κ3) is 5.12. The van der Waals surface area contributed by atoms with Crippen LogP contribution in [0.2, 0.25) is 0 Å². The Morgan fingerprint density at radius 2 is 1.78 bits per heavy atom. The Morgan fingerprint density at radius 3 is 2.26 bits per heavy atom. The van der Waals surface area contributed by atoms with Crippen LogP contribution in [-0.4, -0.2) is 63.8 Å². The largest absolute Gasteiger partial charge is 0.497 e. The van der Waals surface area contributed by atoms with Gasteiger partial charge in [-0.3, -0.25) is 9.69 Å². The van der Waals surface area contributed by atoms with Crippen LogP contribution in [0.25, 0.3) is 0 Å². The van der Waals surface area contributed by atoms with E-state index >= 15 is 0 Å². The van der Waals surface area contributed by atoms with E-state index in [0.717, 1.165) is 19.4 Å². The summed E-state index contributed by atoms with van der Waals surface area (Å²) in [6, 6.07) is 4.41. The van der Waals surface area contributed by atoms with Crippen LogP contribution in [0.15, 0.2) is 23.1 Å². The lowest BCUT2D eigenvalue weighted by atomic mass is 9.86. The number of hydrogen-bond donors (Lipinski definition) is 2. The van der Waals surface area contributed by atoms with Crippen LogP contribution in [0.1, 0.15) is 25.7 Å². The van der Waals surface area contributed by atoms with E-state index in [9.17, 15) is 13.2 Å². The van der Waals surface area contributed by atoms with Crippen molar-refractivity contribution in [2.45, 2.75) is 42.7 Å². The topological polar surface area (TPSA) is 105 Å². The second-order valence-electron chi connectivity index (χ2n) is 7.26. The Morgan fingerprint density at radius 1 is 1.19 bits per heavy atom. The molecule has 0 saturated heterocycles. The molecule has 8 nitrogen and oxygen atoms in total. The van der Waals surface area contributed by atoms with E-state index in [1.807, 2.05) is 4.90 Å². The lowest BCUT2D eigenvalue weighted by Gasteiger charge is -2.42. The van der Waals surface area contributed by atoms with Crippen molar-refractivity contribution < 1.29 is 27.8 Å². The first-order chi connectivity index (χ1) is 12.8. The molecule has 0 spiro atoms. The maximum Gasteiger partial charge on any atom is 0.317 e. The fraction of sp³-hybridized carbons (Fsp3) is 0.611. The number of hydrogen-bond acceptors (Lipinski definition) is 6. The summed E-state index contributed by atoms with van der Waals surface area (Å²) in [5.41, 5.74) is 0. The molecule has 2 fully saturated rings. The SMILES string of the molecule is COc1cc(OC)cc(S(=O)(=O)NC2CC(N(CC(=O)O)CC3CC3)C2)c1. The Labute approximate surface area is 159 Å². The minimum atomic E-state index is -3.71. The van der Waals surface area contributed by atoms with E-state index in [0.29, 0.717) is 30.3 Å². The predicted molar refractivity (Wildman–Crippen MR) is 98.6 cm³/mol. The van der Waals surface area contributed by atoms with Crippen molar-refractivity contribution in [3.05, 3.63) is 18.2 Å². The maximum atomic E-state index is 12.7. The van der Waals surface area contributed by atoms with Gasteiger partial charge in [-0.25, -0.2) is 13.1 Å². The molecule has 2 saturated carbocycles. The second-order valence-corrected chi connectivity index (χ2v) is 8.97. The molecule has 2 aliphatic rings. The smallest absolute Gasteiger partial charge is 0.317 e. The molecule has 0 atom stereocenters. The minimum Gasteiger partial charge on any atom is -0.497 e. The Balaban J connectivity index is 1.61. The fourth-order valence-corrected chi connectivity index (χ4v) is 4.66. The van der Waals surface area contributed by atoms with E-state index in [2.05, 4.69) is 4.72 Å². The van der Waals surface area contributed by atoms with Crippen molar-refractivity contribution in [1.29, 1.82) is 0 Å². The normalized spacial score (nSPS) is 22.3. The highest BCUT2D eigenvalue weighted by molar-refractivity contribution is 7.89. The first-order valence-corrected chi connectivity index (χ1v) is 10.5. The summed E-state index contributed by atoms with van der Waals surface area (Å²) in [4.78, 5) is 13.2. The number of carboxylic acid groups (broad SMARTS) is 1. The van der Waals surface area contributed by atoms with Gasteiger partial charge in [0.1, 0.15) is 11.5 Å². The number of sulfonamides is 1. The molecule has 0 aliphatic heterocycles. The van der Waals surface area contributed by atoms with Gasteiger partial charge in [0.2, 0.25) is 10.0 Å². The molecule has 1 aromatic carbocycles. The van der Waals surface area contributed by atoms with E-state index in [-0.39, 0.29) is 23.5 Å². The highest BCUT2D eigenvalue weighted by atomic mass is 32.2. The van der Waals surface area contributed by atoms with Crippen molar-refractivity contribution in [2.24, 2.45) is 5.92 Å². The molecule has 9 heteroatoms. The van der Waals surface area contributed by atoms with Gasteiger partial charge in [-0.15, -0.1) is 0 Å². The van der Waals surface area contributed by atoms with Gasteiger partial charge in [-0.1, -0.05) is 0 Å². The highest BCUT2D eigenvalue weighted by Gasteiger charge is 2.39. The maximum absolute atomic E-state index is 12.7. The summed E-state index contributed by atoms with van der Waals surface area (Å²) < 4.78 is 38.3. The molecule has 2 N–H and O–H groups in total. The van der Waals surface area contributed by atoms with Crippen LogP contribution in [0, 0.1) is 5.92 Å². The van der Waals surface area contributed by atoms with Crippen molar-refractivity contribution in [3.63, 3.8) is 0 Å². The van der Waals surface area contributed by atoms with Crippen LogP contribution < -0.4 is 14.2 Å². The van der Waals surface area contributed by atoms with Gasteiger partial charge in [-0.2, -0.15) is 0 Å². The Bertz CT molecular complexity index is 765. The van der Waals surface area contributed by atoms with Gasteiger partial charge in [0.15, 0.2) is 0 Å². The Kier molecular flexibility index (Phi) is 5.92. The number of rotatable bonds is 10. The van der Waals surface area contributed by atoms with Gasteiger partial charge in [0.05, 0.1) is 25.7 Å². The quantitative estimate of drug-likeness (QED) is 0.612. The molecule has 3 rings (SSSR count). The zero-order chi connectivity index (χ0) is 19.6. The Hall–Kier alpha value is -1.84. The molecule has 2 aliphatic carbocycles. The molecule has 150 valence electrons. The van der Waals surface area contributed by atoms with E-state index in [4.69, 9.17) is 14.6 Å². The standard InChI is InChI=1S/C18H26N2O6S/c1-25-15-7-16(26-2)9-17(8-15)27(23,24)19-13-5-14(6-13)20(11-18(21)22)10-12-3-4-12/h7-9,12-14,19H,3-6,10-11H2,1-2H3,(H,21,22). The van der Waals surface area contributed by atoms with E-state index < -0.39 is 16.0 Å². The second kappa shape index (κ2) is 8.04. The number of benzene rings is 1.